The lowest BCUT2D eigenvalue weighted by atomic mass is 10.4. The second kappa shape index (κ2) is 8.04. The van der Waals surface area contributed by atoms with Gasteiger partial charge in [0.15, 0.2) is 0 Å². The van der Waals surface area contributed by atoms with Gasteiger partial charge in [0.05, 0.1) is 13.2 Å². The van der Waals surface area contributed by atoms with Crippen LogP contribution in [0.25, 0.3) is 0 Å². The zero-order valence-electron chi connectivity index (χ0n) is 5.72. The molecule has 0 aliphatic heterocycles. The van der Waals surface area contributed by atoms with Crippen molar-refractivity contribution < 1.29 is 10.2 Å². The minimum atomic E-state index is 0.0781. The van der Waals surface area contributed by atoms with Gasteiger partial charge in [-0.2, -0.15) is 0 Å². The van der Waals surface area contributed by atoms with Crippen LogP contribution >= 0.6 is 0 Å². The van der Waals surface area contributed by atoms with Crippen molar-refractivity contribution in [3.05, 3.63) is 0 Å². The Balaban J connectivity index is 3.36. The first kappa shape index (κ1) is 9.04. The van der Waals surface area contributed by atoms with Crippen LogP contribution in [0.5, 0.6) is 0 Å². The molecule has 0 aromatic rings. The number of hydrogen-bond acceptors (Lipinski definition) is 2. The van der Waals surface area contributed by atoms with Gasteiger partial charge in [-0.05, 0) is 11.8 Å². The second-order valence-electron chi connectivity index (χ2n) is 1.55. The zero-order valence-corrected chi connectivity index (χ0v) is 5.72. The Bertz CT molecular complexity index is 153. The lowest BCUT2D eigenvalue weighted by Crippen LogP contribution is -1.76. The molecule has 0 heterocycles. The maximum atomic E-state index is 8.28. The quantitative estimate of drug-likeness (QED) is 0.517. The molecule has 2 heteroatoms. The molecule has 0 aliphatic carbocycles. The van der Waals surface area contributed by atoms with Gasteiger partial charge in [-0.1, -0.05) is 11.8 Å². The fourth-order valence-corrected chi connectivity index (χ4v) is 0.325. The summed E-state index contributed by atoms with van der Waals surface area (Å²) in [7, 11) is 0. The highest BCUT2D eigenvalue weighted by Gasteiger charge is 1.69. The van der Waals surface area contributed by atoms with Crippen molar-refractivity contribution >= 4 is 0 Å². The molecule has 0 radical (unpaired) electrons. The van der Waals surface area contributed by atoms with Gasteiger partial charge in [0, 0.05) is 12.8 Å². The fourth-order valence-electron chi connectivity index (χ4n) is 0.325. The topological polar surface area (TPSA) is 40.5 Å². The van der Waals surface area contributed by atoms with Crippen LogP contribution in [-0.4, -0.2) is 23.4 Å². The smallest absolute Gasteiger partial charge is 0.0540 e. The second-order valence-corrected chi connectivity index (χ2v) is 1.55. The van der Waals surface area contributed by atoms with Gasteiger partial charge in [-0.25, -0.2) is 0 Å². The summed E-state index contributed by atoms with van der Waals surface area (Å²) >= 11 is 0. The Morgan fingerprint density at radius 2 is 1.20 bits per heavy atom. The van der Waals surface area contributed by atoms with Gasteiger partial charge in [0.1, 0.15) is 0 Å². The number of hydrogen-bond donors (Lipinski definition) is 2. The average Bonchev–Trinajstić information content (AvgIpc) is 1.97. The molecule has 0 rings (SSSR count). The molecule has 0 aliphatic rings. The van der Waals surface area contributed by atoms with Crippen LogP contribution in [0.1, 0.15) is 12.8 Å². The molecule has 0 bridgehead atoms. The lowest BCUT2D eigenvalue weighted by molar-refractivity contribution is 0.304. The molecule has 0 aromatic carbocycles. The van der Waals surface area contributed by atoms with Crippen LogP contribution in [0.3, 0.4) is 0 Å². The number of aliphatic hydroxyl groups excluding tert-OH is 2. The van der Waals surface area contributed by atoms with E-state index in [1.165, 1.54) is 0 Å². The normalized spacial score (nSPS) is 7.00. The Morgan fingerprint density at radius 1 is 0.800 bits per heavy atom. The molecular weight excluding hydrogens is 128 g/mol. The Hall–Kier alpha value is -0.960. The van der Waals surface area contributed by atoms with Gasteiger partial charge < -0.3 is 10.2 Å². The predicted molar refractivity (Wildman–Crippen MR) is 39.0 cm³/mol. The minimum Gasteiger partial charge on any atom is -0.395 e. The third-order valence-electron chi connectivity index (χ3n) is 0.713. The highest BCUT2D eigenvalue weighted by atomic mass is 16.3. The summed E-state index contributed by atoms with van der Waals surface area (Å²) in [5, 5.41) is 16.6. The molecule has 0 amide bonds. The average molecular weight is 138 g/mol. The summed E-state index contributed by atoms with van der Waals surface area (Å²) in [4.78, 5) is 0. The van der Waals surface area contributed by atoms with Crippen molar-refractivity contribution in [1.29, 1.82) is 0 Å². The first-order valence-electron chi connectivity index (χ1n) is 3.09. The summed E-state index contributed by atoms with van der Waals surface area (Å²) in [6, 6.07) is 0. The summed E-state index contributed by atoms with van der Waals surface area (Å²) in [5.74, 6) is 10.4. The standard InChI is InChI=1S/C8H10O2/c9-7-5-3-1-2-4-6-8-10/h9-10H,5-8H2. The maximum absolute atomic E-state index is 8.28. The molecule has 0 aromatic heterocycles. The van der Waals surface area contributed by atoms with E-state index in [2.05, 4.69) is 23.7 Å². The SMILES string of the molecule is OCCC#CC#CCCO. The third-order valence-corrected chi connectivity index (χ3v) is 0.713. The van der Waals surface area contributed by atoms with E-state index in [9.17, 15) is 0 Å². The van der Waals surface area contributed by atoms with Crippen LogP contribution < -0.4 is 0 Å². The summed E-state index contributed by atoms with van der Waals surface area (Å²) in [5.41, 5.74) is 0. The molecule has 2 N–H and O–H groups in total. The summed E-state index contributed by atoms with van der Waals surface area (Å²) < 4.78 is 0. The van der Waals surface area contributed by atoms with E-state index >= 15 is 0 Å². The lowest BCUT2D eigenvalue weighted by Gasteiger charge is -1.74. The van der Waals surface area contributed by atoms with Gasteiger partial charge in [-0.15, -0.1) is 0 Å². The predicted octanol–water partition coefficient (Wildman–Crippen LogP) is -0.242. The van der Waals surface area contributed by atoms with Crippen molar-refractivity contribution in [3.8, 4) is 23.7 Å². The molecule has 0 spiro atoms. The van der Waals surface area contributed by atoms with Crippen LogP contribution in [0.4, 0.5) is 0 Å². The molecule has 0 fully saturated rings. The maximum Gasteiger partial charge on any atom is 0.0540 e. The molecule has 2 nitrogen and oxygen atoms in total. The Morgan fingerprint density at radius 3 is 1.50 bits per heavy atom. The molecule has 54 valence electrons. The van der Waals surface area contributed by atoms with Gasteiger partial charge in [0.2, 0.25) is 0 Å². The first-order chi connectivity index (χ1) is 4.91. The number of rotatable bonds is 2. The van der Waals surface area contributed by atoms with Crippen LogP contribution in [-0.2, 0) is 0 Å². The van der Waals surface area contributed by atoms with Crippen molar-refractivity contribution in [1.82, 2.24) is 0 Å². The van der Waals surface area contributed by atoms with Gasteiger partial charge >= 0.3 is 0 Å². The highest BCUT2D eigenvalue weighted by molar-refractivity contribution is 5.25. The van der Waals surface area contributed by atoms with E-state index in [4.69, 9.17) is 10.2 Å². The fraction of sp³-hybridized carbons (Fsp3) is 0.500. The molecule has 0 unspecified atom stereocenters. The monoisotopic (exact) mass is 138 g/mol. The van der Waals surface area contributed by atoms with Gasteiger partial charge in [0.25, 0.3) is 0 Å². The van der Waals surface area contributed by atoms with E-state index in [0.717, 1.165) is 0 Å². The molecule has 0 saturated heterocycles. The van der Waals surface area contributed by atoms with Crippen molar-refractivity contribution in [2.75, 3.05) is 13.2 Å². The minimum absolute atomic E-state index is 0.0781. The molecule has 0 atom stereocenters. The van der Waals surface area contributed by atoms with Crippen LogP contribution in [0, 0.1) is 23.7 Å². The summed E-state index contributed by atoms with van der Waals surface area (Å²) in [6.45, 7) is 0.156. The van der Waals surface area contributed by atoms with E-state index in [-0.39, 0.29) is 13.2 Å². The van der Waals surface area contributed by atoms with Crippen LogP contribution in [0.15, 0.2) is 0 Å². The third kappa shape index (κ3) is 7.04. The largest absolute Gasteiger partial charge is 0.395 e. The van der Waals surface area contributed by atoms with Crippen molar-refractivity contribution in [2.24, 2.45) is 0 Å². The molecular formula is C8H10O2. The Kier molecular flexibility index (Phi) is 7.27. The Labute approximate surface area is 60.9 Å². The van der Waals surface area contributed by atoms with E-state index in [0.29, 0.717) is 12.8 Å². The van der Waals surface area contributed by atoms with E-state index in [1.54, 1.807) is 0 Å². The van der Waals surface area contributed by atoms with Crippen molar-refractivity contribution in [3.63, 3.8) is 0 Å². The van der Waals surface area contributed by atoms with Crippen LogP contribution in [0.2, 0.25) is 0 Å². The summed E-state index contributed by atoms with van der Waals surface area (Å²) in [6.07, 6.45) is 0.932. The zero-order chi connectivity index (χ0) is 7.66. The van der Waals surface area contributed by atoms with E-state index in [1.807, 2.05) is 0 Å². The molecule has 10 heavy (non-hydrogen) atoms. The first-order valence-corrected chi connectivity index (χ1v) is 3.09. The highest BCUT2D eigenvalue weighted by Crippen LogP contribution is 1.70. The van der Waals surface area contributed by atoms with Crippen molar-refractivity contribution in [2.45, 2.75) is 12.8 Å². The number of aliphatic hydroxyl groups is 2. The molecule has 0 saturated carbocycles. The van der Waals surface area contributed by atoms with E-state index < -0.39 is 0 Å². The van der Waals surface area contributed by atoms with Gasteiger partial charge in [-0.3, -0.25) is 0 Å².